The molecule has 0 saturated heterocycles. The van der Waals surface area contributed by atoms with Crippen LogP contribution >= 0.6 is 0 Å². The molecule has 94 valence electrons. The monoisotopic (exact) mass is 236 g/mol. The number of ether oxygens (including phenoxy) is 1. The van der Waals surface area contributed by atoms with Crippen molar-refractivity contribution in [2.75, 3.05) is 13.2 Å². The number of nitrogens with one attached hydrogen (secondary N) is 1. The van der Waals surface area contributed by atoms with Crippen LogP contribution in [0.2, 0.25) is 0 Å². The highest BCUT2D eigenvalue weighted by Crippen LogP contribution is 2.17. The van der Waals surface area contributed by atoms with Gasteiger partial charge < -0.3 is 15.8 Å². The fourth-order valence-corrected chi connectivity index (χ4v) is 1.51. The van der Waals surface area contributed by atoms with Gasteiger partial charge >= 0.3 is 0 Å². The Bertz CT molecular complexity index is 364. The van der Waals surface area contributed by atoms with Crippen molar-refractivity contribution in [3.63, 3.8) is 0 Å². The summed E-state index contributed by atoms with van der Waals surface area (Å²) in [4.78, 5) is 11.4. The van der Waals surface area contributed by atoms with Gasteiger partial charge in [0.15, 0.2) is 6.61 Å². The van der Waals surface area contributed by atoms with Crippen molar-refractivity contribution < 1.29 is 9.53 Å². The molecular formula is C13H20N2O2. The molecule has 0 aromatic heterocycles. The quantitative estimate of drug-likeness (QED) is 0.777. The molecule has 0 heterocycles. The average Bonchev–Trinajstić information content (AvgIpc) is 2.27. The van der Waals surface area contributed by atoms with Crippen molar-refractivity contribution in [2.24, 2.45) is 5.73 Å². The minimum Gasteiger partial charge on any atom is -0.483 e. The van der Waals surface area contributed by atoms with Gasteiger partial charge in [0.1, 0.15) is 5.75 Å². The zero-order valence-electron chi connectivity index (χ0n) is 10.4. The van der Waals surface area contributed by atoms with Crippen LogP contribution in [0.25, 0.3) is 0 Å². The first-order chi connectivity index (χ1) is 8.13. The third-order valence-electron chi connectivity index (χ3n) is 2.19. The van der Waals surface area contributed by atoms with Crippen LogP contribution in [0.5, 0.6) is 5.75 Å². The van der Waals surface area contributed by atoms with Crippen LogP contribution in [0.1, 0.15) is 19.4 Å². The first-order valence-electron chi connectivity index (χ1n) is 5.83. The van der Waals surface area contributed by atoms with Gasteiger partial charge in [0.2, 0.25) is 0 Å². The number of para-hydroxylation sites is 1. The van der Waals surface area contributed by atoms with E-state index in [2.05, 4.69) is 5.32 Å². The molecule has 0 bridgehead atoms. The van der Waals surface area contributed by atoms with Crippen LogP contribution in [0, 0.1) is 0 Å². The predicted molar refractivity (Wildman–Crippen MR) is 68.0 cm³/mol. The Morgan fingerprint density at radius 1 is 1.41 bits per heavy atom. The molecule has 0 saturated carbocycles. The summed E-state index contributed by atoms with van der Waals surface area (Å²) in [6, 6.07) is 7.77. The van der Waals surface area contributed by atoms with E-state index in [9.17, 15) is 4.79 Å². The smallest absolute Gasteiger partial charge is 0.258 e. The van der Waals surface area contributed by atoms with Gasteiger partial charge in [0.05, 0.1) is 0 Å². The first kappa shape index (κ1) is 13.5. The van der Waals surface area contributed by atoms with Crippen molar-refractivity contribution in [1.29, 1.82) is 0 Å². The maximum absolute atomic E-state index is 11.4. The van der Waals surface area contributed by atoms with Gasteiger partial charge in [-0.1, -0.05) is 18.2 Å². The second kappa shape index (κ2) is 6.91. The lowest BCUT2D eigenvalue weighted by atomic mass is 10.1. The van der Waals surface area contributed by atoms with E-state index in [1.165, 1.54) is 0 Å². The maximum Gasteiger partial charge on any atom is 0.258 e. The third kappa shape index (κ3) is 4.87. The highest BCUT2D eigenvalue weighted by Gasteiger charge is 2.06. The van der Waals surface area contributed by atoms with E-state index < -0.39 is 0 Å². The lowest BCUT2D eigenvalue weighted by Crippen LogP contribution is -2.34. The van der Waals surface area contributed by atoms with Crippen molar-refractivity contribution in [3.8, 4) is 5.75 Å². The van der Waals surface area contributed by atoms with Crippen molar-refractivity contribution in [3.05, 3.63) is 29.8 Å². The second-order valence-corrected chi connectivity index (χ2v) is 4.16. The summed E-state index contributed by atoms with van der Waals surface area (Å²) in [5, 5.41) is 2.78. The van der Waals surface area contributed by atoms with Gasteiger partial charge in [-0.25, -0.2) is 0 Å². The fourth-order valence-electron chi connectivity index (χ4n) is 1.51. The molecule has 0 radical (unpaired) electrons. The molecule has 17 heavy (non-hydrogen) atoms. The van der Waals surface area contributed by atoms with E-state index in [-0.39, 0.29) is 18.6 Å². The van der Waals surface area contributed by atoms with Gasteiger partial charge in [-0.2, -0.15) is 0 Å². The predicted octanol–water partition coefficient (Wildman–Crippen LogP) is 1.09. The molecule has 1 amide bonds. The van der Waals surface area contributed by atoms with E-state index in [1.807, 2.05) is 38.1 Å². The second-order valence-electron chi connectivity index (χ2n) is 4.16. The van der Waals surface area contributed by atoms with E-state index in [1.54, 1.807) is 0 Å². The Morgan fingerprint density at radius 2 is 2.12 bits per heavy atom. The Balaban J connectivity index is 2.53. The van der Waals surface area contributed by atoms with E-state index >= 15 is 0 Å². The molecule has 4 nitrogen and oxygen atoms in total. The maximum atomic E-state index is 11.4. The van der Waals surface area contributed by atoms with Crippen LogP contribution in [0.3, 0.4) is 0 Å². The highest BCUT2D eigenvalue weighted by atomic mass is 16.5. The van der Waals surface area contributed by atoms with Crippen molar-refractivity contribution >= 4 is 5.91 Å². The van der Waals surface area contributed by atoms with E-state index in [4.69, 9.17) is 10.5 Å². The number of benzene rings is 1. The zero-order chi connectivity index (χ0) is 12.7. The number of rotatable bonds is 6. The minimum atomic E-state index is -0.109. The Labute approximate surface area is 102 Å². The summed E-state index contributed by atoms with van der Waals surface area (Å²) in [6.07, 6.45) is 0.752. The van der Waals surface area contributed by atoms with Crippen LogP contribution in [-0.2, 0) is 11.2 Å². The van der Waals surface area contributed by atoms with E-state index in [0.29, 0.717) is 6.54 Å². The normalized spacial score (nSPS) is 10.4. The molecule has 1 aromatic rings. The van der Waals surface area contributed by atoms with Crippen LogP contribution in [-0.4, -0.2) is 25.1 Å². The topological polar surface area (TPSA) is 64.3 Å². The summed E-state index contributed by atoms with van der Waals surface area (Å²) >= 11 is 0. The lowest BCUT2D eigenvalue weighted by Gasteiger charge is -2.12. The summed E-state index contributed by atoms with van der Waals surface area (Å²) < 4.78 is 5.48. The molecule has 4 heteroatoms. The molecular weight excluding hydrogens is 216 g/mol. The van der Waals surface area contributed by atoms with Crippen LogP contribution < -0.4 is 15.8 Å². The van der Waals surface area contributed by atoms with Crippen LogP contribution in [0.15, 0.2) is 24.3 Å². The molecule has 0 atom stereocenters. The first-order valence-corrected chi connectivity index (χ1v) is 5.83. The van der Waals surface area contributed by atoms with Gasteiger partial charge in [0.25, 0.3) is 5.91 Å². The molecule has 0 aliphatic rings. The van der Waals surface area contributed by atoms with Gasteiger partial charge in [0, 0.05) is 6.04 Å². The number of hydrogen-bond donors (Lipinski definition) is 2. The number of nitrogens with two attached hydrogens (primary N) is 1. The van der Waals surface area contributed by atoms with Gasteiger partial charge in [-0.15, -0.1) is 0 Å². The minimum absolute atomic E-state index is 0.0414. The van der Waals surface area contributed by atoms with Gasteiger partial charge in [-0.05, 0) is 38.4 Å². The molecule has 1 rings (SSSR count). The molecule has 1 aromatic carbocycles. The number of carbonyl (C=O) groups excluding carboxylic acids is 1. The molecule has 0 aliphatic heterocycles. The molecule has 0 fully saturated rings. The molecule has 0 aliphatic carbocycles. The lowest BCUT2D eigenvalue weighted by molar-refractivity contribution is -0.123. The highest BCUT2D eigenvalue weighted by molar-refractivity contribution is 5.77. The summed E-state index contributed by atoms with van der Waals surface area (Å²) in [6.45, 7) is 4.44. The third-order valence-corrected chi connectivity index (χ3v) is 2.19. The Morgan fingerprint density at radius 3 is 2.76 bits per heavy atom. The van der Waals surface area contributed by atoms with Crippen LogP contribution in [0.4, 0.5) is 0 Å². The van der Waals surface area contributed by atoms with E-state index in [0.717, 1.165) is 17.7 Å². The SMILES string of the molecule is CC(C)NC(=O)COc1ccccc1CCN. The molecule has 0 unspecified atom stereocenters. The summed E-state index contributed by atoms with van der Waals surface area (Å²) in [7, 11) is 0. The number of carbonyl (C=O) groups is 1. The number of hydrogen-bond acceptors (Lipinski definition) is 3. The Kier molecular flexibility index (Phi) is 5.49. The number of amides is 1. The zero-order valence-corrected chi connectivity index (χ0v) is 10.4. The van der Waals surface area contributed by atoms with Crippen molar-refractivity contribution in [2.45, 2.75) is 26.3 Å². The van der Waals surface area contributed by atoms with Crippen molar-refractivity contribution in [1.82, 2.24) is 5.32 Å². The molecule has 3 N–H and O–H groups in total. The standard InChI is InChI=1S/C13H20N2O2/c1-10(2)15-13(16)9-17-12-6-4-3-5-11(12)7-8-14/h3-6,10H,7-9,14H2,1-2H3,(H,15,16). The fraction of sp³-hybridized carbons (Fsp3) is 0.462. The molecule has 0 spiro atoms. The summed E-state index contributed by atoms with van der Waals surface area (Å²) in [5.41, 5.74) is 6.55. The van der Waals surface area contributed by atoms with Gasteiger partial charge in [-0.3, -0.25) is 4.79 Å². The summed E-state index contributed by atoms with van der Waals surface area (Å²) in [5.74, 6) is 0.624. The average molecular weight is 236 g/mol. The Hall–Kier alpha value is -1.55. The largest absolute Gasteiger partial charge is 0.483 e.